The second-order valence-electron chi connectivity index (χ2n) is 6.52. The fourth-order valence-electron chi connectivity index (χ4n) is 2.86. The summed E-state index contributed by atoms with van der Waals surface area (Å²) in [5, 5.41) is 7.36. The average molecular weight is 364 g/mol. The molecule has 0 saturated heterocycles. The smallest absolute Gasteiger partial charge is 0.275 e. The van der Waals surface area contributed by atoms with Crippen LogP contribution in [0.3, 0.4) is 0 Å². The molecule has 0 radical (unpaired) electrons. The fourth-order valence-corrected chi connectivity index (χ4v) is 2.86. The van der Waals surface area contributed by atoms with Gasteiger partial charge in [-0.05, 0) is 37.4 Å². The second kappa shape index (κ2) is 8.51. The lowest BCUT2D eigenvalue weighted by Crippen LogP contribution is -2.25. The van der Waals surface area contributed by atoms with E-state index in [1.807, 2.05) is 62.6 Å². The predicted molar refractivity (Wildman–Crippen MR) is 105 cm³/mol. The van der Waals surface area contributed by atoms with Crippen LogP contribution in [0.1, 0.15) is 21.6 Å². The van der Waals surface area contributed by atoms with Crippen LogP contribution < -0.4 is 10.1 Å². The fraction of sp³-hybridized carbons (Fsp3) is 0.238. The first-order chi connectivity index (χ1) is 13.1. The summed E-state index contributed by atoms with van der Waals surface area (Å²) >= 11 is 0. The summed E-state index contributed by atoms with van der Waals surface area (Å²) in [6, 6.07) is 17.7. The van der Waals surface area contributed by atoms with E-state index >= 15 is 0 Å². The van der Waals surface area contributed by atoms with Crippen molar-refractivity contribution in [3.63, 3.8) is 0 Å². The molecule has 0 aliphatic heterocycles. The normalized spacial score (nSPS) is 10.8. The van der Waals surface area contributed by atoms with Gasteiger partial charge in [0.2, 0.25) is 0 Å². The number of aromatic nitrogens is 2. The van der Waals surface area contributed by atoms with Crippen molar-refractivity contribution in [2.75, 3.05) is 21.2 Å². The van der Waals surface area contributed by atoms with Crippen LogP contribution in [0.5, 0.6) is 5.75 Å². The third kappa shape index (κ3) is 4.54. The van der Waals surface area contributed by atoms with Gasteiger partial charge in [-0.15, -0.1) is 0 Å². The molecule has 1 amide bonds. The summed E-state index contributed by atoms with van der Waals surface area (Å²) in [6.07, 6.45) is 1.71. The molecule has 0 saturated carbocycles. The summed E-state index contributed by atoms with van der Waals surface area (Å²) in [7, 11) is 5.59. The molecule has 1 N–H and O–H groups in total. The van der Waals surface area contributed by atoms with E-state index in [0.29, 0.717) is 12.3 Å². The Morgan fingerprint density at radius 1 is 1.07 bits per heavy atom. The van der Waals surface area contributed by atoms with Gasteiger partial charge >= 0.3 is 0 Å². The molecule has 2 aromatic carbocycles. The minimum absolute atomic E-state index is 0.263. The van der Waals surface area contributed by atoms with Crippen molar-refractivity contribution in [2.45, 2.75) is 13.1 Å². The maximum absolute atomic E-state index is 12.7. The Hall–Kier alpha value is -3.12. The highest BCUT2D eigenvalue weighted by Crippen LogP contribution is 2.19. The molecule has 3 aromatic rings. The average Bonchev–Trinajstić information content (AvgIpc) is 3.12. The molecule has 0 spiro atoms. The quantitative estimate of drug-likeness (QED) is 0.700. The van der Waals surface area contributed by atoms with Crippen molar-refractivity contribution in [1.29, 1.82) is 0 Å². The molecule has 3 rings (SSSR count). The Morgan fingerprint density at radius 2 is 1.74 bits per heavy atom. The van der Waals surface area contributed by atoms with Gasteiger partial charge < -0.3 is 15.0 Å². The third-order valence-electron chi connectivity index (χ3n) is 4.18. The monoisotopic (exact) mass is 364 g/mol. The number of methoxy groups -OCH3 is 1. The highest BCUT2D eigenvalue weighted by molar-refractivity contribution is 5.94. The molecule has 0 aliphatic rings. The highest BCUT2D eigenvalue weighted by Gasteiger charge is 2.18. The number of hydrogen-bond donors (Lipinski definition) is 1. The number of benzene rings is 2. The molecule has 0 unspecified atom stereocenters. The molecule has 1 heterocycles. The van der Waals surface area contributed by atoms with Crippen LogP contribution in [0.25, 0.3) is 5.69 Å². The number of para-hydroxylation sites is 1. The number of carbonyl (C=O) groups excluding carboxylic acids is 1. The lowest BCUT2D eigenvalue weighted by Gasteiger charge is -2.14. The molecular formula is C21H24N4O2. The van der Waals surface area contributed by atoms with Crippen molar-refractivity contribution < 1.29 is 9.53 Å². The van der Waals surface area contributed by atoms with Crippen LogP contribution in [0.15, 0.2) is 60.8 Å². The maximum atomic E-state index is 12.7. The van der Waals surface area contributed by atoms with Gasteiger partial charge in [0.25, 0.3) is 5.91 Å². The van der Waals surface area contributed by atoms with Crippen LogP contribution in [0, 0.1) is 0 Å². The van der Waals surface area contributed by atoms with E-state index in [-0.39, 0.29) is 11.6 Å². The first kappa shape index (κ1) is 18.7. The zero-order valence-electron chi connectivity index (χ0n) is 15.8. The zero-order chi connectivity index (χ0) is 19.2. The molecule has 0 bridgehead atoms. The zero-order valence-corrected chi connectivity index (χ0v) is 15.8. The molecule has 6 nitrogen and oxygen atoms in total. The van der Waals surface area contributed by atoms with Gasteiger partial charge in [0, 0.05) is 13.1 Å². The number of ether oxygens (including phenoxy) is 1. The molecule has 0 atom stereocenters. The standard InChI is InChI=1S/C21H24N4O2/c1-24(2)14-17-10-8-7-9-16(17)13-22-21(26)20-19(27-3)15-25(23-20)18-11-5-4-6-12-18/h4-12,15H,13-14H2,1-3H3,(H,22,26). The van der Waals surface area contributed by atoms with E-state index in [1.165, 1.54) is 12.7 Å². The third-order valence-corrected chi connectivity index (χ3v) is 4.18. The summed E-state index contributed by atoms with van der Waals surface area (Å²) in [6.45, 7) is 1.25. The van der Waals surface area contributed by atoms with E-state index in [2.05, 4.69) is 21.4 Å². The number of amides is 1. The number of hydrogen-bond acceptors (Lipinski definition) is 4. The van der Waals surface area contributed by atoms with Gasteiger partial charge in [-0.2, -0.15) is 5.10 Å². The van der Waals surface area contributed by atoms with E-state index in [0.717, 1.165) is 17.8 Å². The lowest BCUT2D eigenvalue weighted by atomic mass is 10.1. The Morgan fingerprint density at radius 3 is 2.41 bits per heavy atom. The predicted octanol–water partition coefficient (Wildman–Crippen LogP) is 2.87. The van der Waals surface area contributed by atoms with Crippen LogP contribution in [0.4, 0.5) is 0 Å². The van der Waals surface area contributed by atoms with Gasteiger partial charge in [-0.25, -0.2) is 4.68 Å². The van der Waals surface area contributed by atoms with E-state index in [1.54, 1.807) is 10.9 Å². The summed E-state index contributed by atoms with van der Waals surface area (Å²) in [5.74, 6) is 0.180. The molecule has 6 heteroatoms. The van der Waals surface area contributed by atoms with E-state index in [9.17, 15) is 4.79 Å². The Balaban J connectivity index is 1.76. The van der Waals surface area contributed by atoms with Gasteiger partial charge in [0.1, 0.15) is 0 Å². The second-order valence-corrected chi connectivity index (χ2v) is 6.52. The van der Waals surface area contributed by atoms with Crippen molar-refractivity contribution in [1.82, 2.24) is 20.0 Å². The summed E-state index contributed by atoms with van der Waals surface area (Å²) in [5.41, 5.74) is 3.41. The number of nitrogens with zero attached hydrogens (tertiary/aromatic N) is 3. The van der Waals surface area contributed by atoms with Crippen LogP contribution in [-0.2, 0) is 13.1 Å². The largest absolute Gasteiger partial charge is 0.493 e. The van der Waals surface area contributed by atoms with Crippen LogP contribution in [0.2, 0.25) is 0 Å². The van der Waals surface area contributed by atoms with Crippen LogP contribution in [-0.4, -0.2) is 41.8 Å². The maximum Gasteiger partial charge on any atom is 0.275 e. The first-order valence-electron chi connectivity index (χ1n) is 8.77. The molecule has 0 aliphatic carbocycles. The SMILES string of the molecule is COc1cn(-c2ccccc2)nc1C(=O)NCc1ccccc1CN(C)C. The van der Waals surface area contributed by atoms with Gasteiger partial charge in [-0.3, -0.25) is 4.79 Å². The Kier molecular flexibility index (Phi) is 5.88. The van der Waals surface area contributed by atoms with Crippen molar-refractivity contribution in [3.05, 3.63) is 77.6 Å². The molecule has 1 aromatic heterocycles. The Labute approximate surface area is 159 Å². The minimum atomic E-state index is -0.263. The minimum Gasteiger partial charge on any atom is -0.493 e. The number of rotatable bonds is 7. The highest BCUT2D eigenvalue weighted by atomic mass is 16.5. The molecular weight excluding hydrogens is 340 g/mol. The first-order valence-corrected chi connectivity index (χ1v) is 8.77. The number of nitrogens with one attached hydrogen (secondary N) is 1. The van der Waals surface area contributed by atoms with E-state index < -0.39 is 0 Å². The van der Waals surface area contributed by atoms with Gasteiger partial charge in [0.15, 0.2) is 11.4 Å². The summed E-state index contributed by atoms with van der Waals surface area (Å²) < 4.78 is 6.99. The van der Waals surface area contributed by atoms with Crippen molar-refractivity contribution >= 4 is 5.91 Å². The molecule has 140 valence electrons. The van der Waals surface area contributed by atoms with Crippen molar-refractivity contribution in [2.24, 2.45) is 0 Å². The Bertz CT molecular complexity index is 904. The van der Waals surface area contributed by atoms with E-state index in [4.69, 9.17) is 4.74 Å². The molecule has 0 fully saturated rings. The van der Waals surface area contributed by atoms with Gasteiger partial charge in [-0.1, -0.05) is 42.5 Å². The molecule has 27 heavy (non-hydrogen) atoms. The number of carbonyl (C=O) groups is 1. The van der Waals surface area contributed by atoms with Crippen LogP contribution >= 0.6 is 0 Å². The lowest BCUT2D eigenvalue weighted by molar-refractivity contribution is 0.0942. The van der Waals surface area contributed by atoms with Crippen molar-refractivity contribution in [3.8, 4) is 11.4 Å². The topological polar surface area (TPSA) is 59.4 Å². The summed E-state index contributed by atoms with van der Waals surface area (Å²) in [4.78, 5) is 14.8. The van der Waals surface area contributed by atoms with Gasteiger partial charge in [0.05, 0.1) is 19.0 Å².